The maximum Gasteiger partial charge on any atom is 0.232 e. The van der Waals surface area contributed by atoms with Crippen molar-refractivity contribution in [3.05, 3.63) is 48.7 Å². The average molecular weight is 404 g/mol. The summed E-state index contributed by atoms with van der Waals surface area (Å²) in [6.45, 7) is 4.60. The van der Waals surface area contributed by atoms with Crippen molar-refractivity contribution < 1.29 is 4.74 Å². The fourth-order valence-corrected chi connectivity index (χ4v) is 5.96. The number of imidazole rings is 1. The number of hydrogen-bond acceptors (Lipinski definition) is 5. The standard InChI is InChI=1S/C24H29N5O/c1-16-27-20-7-2-3-8-21(20)29(16)22-11-17-14-28(19-5-4-6-19)15-18(17)12-23(22)30-24-13-25-9-10-26-24/h2-3,7-10,13,17-19,22-23H,4-6,11-12,14-15H2,1H3/t17-,18+,22-,23-/m0/s1. The Hall–Kier alpha value is -2.47. The third kappa shape index (κ3) is 3.09. The molecule has 3 heterocycles. The van der Waals surface area contributed by atoms with E-state index in [1.54, 1.807) is 18.6 Å². The molecule has 0 spiro atoms. The summed E-state index contributed by atoms with van der Waals surface area (Å²) in [7, 11) is 0. The largest absolute Gasteiger partial charge is 0.471 e. The monoisotopic (exact) mass is 403 g/mol. The molecule has 3 fully saturated rings. The number of nitrogens with zero attached hydrogens (tertiary/aromatic N) is 5. The van der Waals surface area contributed by atoms with E-state index in [-0.39, 0.29) is 12.1 Å². The average Bonchev–Trinajstić information content (AvgIpc) is 3.26. The molecule has 0 radical (unpaired) electrons. The van der Waals surface area contributed by atoms with Crippen LogP contribution in [0.4, 0.5) is 0 Å². The van der Waals surface area contributed by atoms with Gasteiger partial charge in [-0.15, -0.1) is 0 Å². The highest BCUT2D eigenvalue weighted by Crippen LogP contribution is 2.45. The van der Waals surface area contributed by atoms with E-state index in [1.807, 2.05) is 0 Å². The third-order valence-electron chi connectivity index (χ3n) is 7.62. The molecular weight excluding hydrogens is 374 g/mol. The van der Waals surface area contributed by atoms with Gasteiger partial charge in [-0.25, -0.2) is 9.97 Å². The van der Waals surface area contributed by atoms with E-state index in [2.05, 4.69) is 50.6 Å². The van der Waals surface area contributed by atoms with Crippen LogP contribution in [0.3, 0.4) is 0 Å². The molecule has 4 atom stereocenters. The fourth-order valence-electron chi connectivity index (χ4n) is 5.96. The molecule has 2 saturated carbocycles. The van der Waals surface area contributed by atoms with Crippen LogP contribution in [0.2, 0.25) is 0 Å². The van der Waals surface area contributed by atoms with Crippen LogP contribution < -0.4 is 4.74 Å². The maximum atomic E-state index is 6.50. The van der Waals surface area contributed by atoms with E-state index in [4.69, 9.17) is 9.72 Å². The molecule has 156 valence electrons. The Morgan fingerprint density at radius 3 is 2.63 bits per heavy atom. The number of aromatic nitrogens is 4. The molecule has 2 aliphatic carbocycles. The second-order valence-corrected chi connectivity index (χ2v) is 9.32. The Morgan fingerprint density at radius 1 is 1.03 bits per heavy atom. The molecule has 6 heteroatoms. The van der Waals surface area contributed by atoms with Crippen molar-refractivity contribution in [2.24, 2.45) is 11.8 Å². The summed E-state index contributed by atoms with van der Waals surface area (Å²) in [4.78, 5) is 16.2. The van der Waals surface area contributed by atoms with Gasteiger partial charge in [0.25, 0.3) is 0 Å². The van der Waals surface area contributed by atoms with Gasteiger partial charge < -0.3 is 9.30 Å². The first-order valence-corrected chi connectivity index (χ1v) is 11.4. The van der Waals surface area contributed by atoms with Crippen molar-refractivity contribution >= 4 is 11.0 Å². The molecule has 6 rings (SSSR count). The van der Waals surface area contributed by atoms with Gasteiger partial charge in [0.1, 0.15) is 11.9 Å². The second-order valence-electron chi connectivity index (χ2n) is 9.32. The van der Waals surface area contributed by atoms with Crippen molar-refractivity contribution in [2.75, 3.05) is 13.1 Å². The Balaban J connectivity index is 1.35. The number of benzene rings is 1. The number of para-hydroxylation sites is 2. The van der Waals surface area contributed by atoms with Gasteiger partial charge in [0.05, 0.1) is 23.3 Å². The molecule has 1 saturated heterocycles. The summed E-state index contributed by atoms with van der Waals surface area (Å²) in [6, 6.07) is 9.56. The minimum absolute atomic E-state index is 0.0839. The van der Waals surface area contributed by atoms with E-state index in [0.29, 0.717) is 11.8 Å². The van der Waals surface area contributed by atoms with Crippen LogP contribution in [0.5, 0.6) is 5.88 Å². The van der Waals surface area contributed by atoms with Gasteiger partial charge in [-0.3, -0.25) is 9.88 Å². The van der Waals surface area contributed by atoms with Gasteiger partial charge in [-0.1, -0.05) is 18.6 Å². The first-order chi connectivity index (χ1) is 14.8. The summed E-state index contributed by atoms with van der Waals surface area (Å²) < 4.78 is 8.93. The van der Waals surface area contributed by atoms with Crippen LogP contribution in [-0.2, 0) is 0 Å². The number of fused-ring (bicyclic) bond motifs is 2. The molecule has 1 aromatic carbocycles. The van der Waals surface area contributed by atoms with Crippen LogP contribution >= 0.6 is 0 Å². The summed E-state index contributed by atoms with van der Waals surface area (Å²) in [6.07, 6.45) is 11.6. The number of rotatable bonds is 4. The molecule has 3 aliphatic rings. The first kappa shape index (κ1) is 18.3. The molecule has 0 bridgehead atoms. The molecule has 0 N–H and O–H groups in total. The second kappa shape index (κ2) is 7.34. The first-order valence-electron chi connectivity index (χ1n) is 11.4. The van der Waals surface area contributed by atoms with Gasteiger partial charge in [0.2, 0.25) is 5.88 Å². The van der Waals surface area contributed by atoms with E-state index in [0.717, 1.165) is 36.1 Å². The third-order valence-corrected chi connectivity index (χ3v) is 7.62. The molecule has 6 nitrogen and oxygen atoms in total. The predicted molar refractivity (Wildman–Crippen MR) is 115 cm³/mol. The van der Waals surface area contributed by atoms with Crippen molar-refractivity contribution in [3.63, 3.8) is 0 Å². The molecule has 30 heavy (non-hydrogen) atoms. The van der Waals surface area contributed by atoms with E-state index >= 15 is 0 Å². The highest BCUT2D eigenvalue weighted by Gasteiger charge is 2.46. The molecule has 2 aromatic heterocycles. The lowest BCUT2D eigenvalue weighted by Crippen LogP contribution is -2.40. The smallest absolute Gasteiger partial charge is 0.232 e. The van der Waals surface area contributed by atoms with E-state index in [1.165, 1.54) is 37.9 Å². The quantitative estimate of drug-likeness (QED) is 0.659. The minimum atomic E-state index is 0.0839. The Morgan fingerprint density at radius 2 is 1.87 bits per heavy atom. The zero-order valence-corrected chi connectivity index (χ0v) is 17.5. The van der Waals surface area contributed by atoms with Gasteiger partial charge in [-0.2, -0.15) is 0 Å². The van der Waals surface area contributed by atoms with Gasteiger partial charge >= 0.3 is 0 Å². The zero-order chi connectivity index (χ0) is 20.1. The number of aryl methyl sites for hydroxylation is 1. The Labute approximate surface area is 177 Å². The molecule has 0 unspecified atom stereocenters. The van der Waals surface area contributed by atoms with Crippen LogP contribution in [0.25, 0.3) is 11.0 Å². The van der Waals surface area contributed by atoms with Crippen LogP contribution in [0, 0.1) is 18.8 Å². The van der Waals surface area contributed by atoms with Crippen molar-refractivity contribution in [1.29, 1.82) is 0 Å². The lowest BCUT2D eigenvalue weighted by atomic mass is 9.77. The lowest BCUT2D eigenvalue weighted by molar-refractivity contribution is 0.0518. The molecule has 3 aromatic rings. The van der Waals surface area contributed by atoms with E-state index in [9.17, 15) is 0 Å². The number of ether oxygens (including phenoxy) is 1. The van der Waals surface area contributed by atoms with Crippen molar-refractivity contribution in [1.82, 2.24) is 24.4 Å². The van der Waals surface area contributed by atoms with Crippen molar-refractivity contribution in [3.8, 4) is 5.88 Å². The highest BCUT2D eigenvalue weighted by molar-refractivity contribution is 5.76. The summed E-state index contributed by atoms with van der Waals surface area (Å²) in [5, 5.41) is 0. The highest BCUT2D eigenvalue weighted by atomic mass is 16.5. The van der Waals surface area contributed by atoms with Gasteiger partial charge in [-0.05, 0) is 56.6 Å². The summed E-state index contributed by atoms with van der Waals surface area (Å²) >= 11 is 0. The molecule has 0 amide bonds. The number of likely N-dealkylation sites (tertiary alicyclic amines) is 1. The normalized spacial score (nSPS) is 29.6. The van der Waals surface area contributed by atoms with E-state index < -0.39 is 0 Å². The topological polar surface area (TPSA) is 56.1 Å². The maximum absolute atomic E-state index is 6.50. The summed E-state index contributed by atoms with van der Waals surface area (Å²) in [5.74, 6) is 3.14. The van der Waals surface area contributed by atoms with Crippen LogP contribution in [0.15, 0.2) is 42.9 Å². The Kier molecular flexibility index (Phi) is 4.48. The summed E-state index contributed by atoms with van der Waals surface area (Å²) in [5.41, 5.74) is 2.28. The minimum Gasteiger partial charge on any atom is -0.471 e. The van der Waals surface area contributed by atoms with Crippen LogP contribution in [-0.4, -0.2) is 49.7 Å². The fraction of sp³-hybridized carbons (Fsp3) is 0.542. The van der Waals surface area contributed by atoms with Crippen molar-refractivity contribution in [2.45, 2.75) is 57.2 Å². The van der Waals surface area contributed by atoms with Gasteiger partial charge in [0, 0.05) is 31.5 Å². The predicted octanol–water partition coefficient (Wildman–Crippen LogP) is 4.02. The van der Waals surface area contributed by atoms with Gasteiger partial charge in [0.15, 0.2) is 0 Å². The lowest BCUT2D eigenvalue weighted by Gasteiger charge is -2.39. The molecule has 1 aliphatic heterocycles. The SMILES string of the molecule is Cc1nc2ccccc2n1[C@H]1C[C@H]2CN(C3CCC3)C[C@H]2C[C@@H]1Oc1cnccn1. The number of hydrogen-bond donors (Lipinski definition) is 0. The Bertz CT molecular complexity index is 1030. The zero-order valence-electron chi connectivity index (χ0n) is 17.5. The molecular formula is C24H29N5O. The van der Waals surface area contributed by atoms with Crippen LogP contribution in [0.1, 0.15) is 44.0 Å².